The molecule has 2 aromatic rings. The van der Waals surface area contributed by atoms with Crippen LogP contribution in [0.3, 0.4) is 0 Å². The first-order valence-corrected chi connectivity index (χ1v) is 7.38. The van der Waals surface area contributed by atoms with Gasteiger partial charge >= 0.3 is 0 Å². The first kappa shape index (κ1) is 15.2. The second-order valence-corrected chi connectivity index (χ2v) is 6.06. The van der Waals surface area contributed by atoms with Gasteiger partial charge in [0, 0.05) is 6.07 Å². The van der Waals surface area contributed by atoms with Gasteiger partial charge in [-0.2, -0.15) is 0 Å². The fourth-order valence-corrected chi connectivity index (χ4v) is 2.25. The van der Waals surface area contributed by atoms with Crippen LogP contribution in [0.4, 0.5) is 25.8 Å². The summed E-state index contributed by atoms with van der Waals surface area (Å²) in [5.41, 5.74) is 5.97. The van der Waals surface area contributed by atoms with Gasteiger partial charge < -0.3 is 11.1 Å². The largest absolute Gasteiger partial charge is 0.397 e. The third-order valence-electron chi connectivity index (χ3n) is 2.87. The van der Waals surface area contributed by atoms with Gasteiger partial charge in [-0.3, -0.25) is 0 Å². The molecule has 0 bridgehead atoms. The molecule has 21 heavy (non-hydrogen) atoms. The Bertz CT molecular complexity index is 807. The van der Waals surface area contributed by atoms with E-state index in [0.29, 0.717) is 0 Å². The molecule has 0 fully saturated rings. The molecule has 112 valence electrons. The highest BCUT2D eigenvalue weighted by atomic mass is 32.2. The Balaban J connectivity index is 2.47. The van der Waals surface area contributed by atoms with Crippen molar-refractivity contribution in [2.75, 3.05) is 11.1 Å². The lowest BCUT2D eigenvalue weighted by atomic mass is 10.2. The first-order chi connectivity index (χ1) is 9.68. The van der Waals surface area contributed by atoms with Crippen molar-refractivity contribution in [2.45, 2.75) is 11.8 Å². The van der Waals surface area contributed by atoms with E-state index in [2.05, 4.69) is 5.32 Å². The van der Waals surface area contributed by atoms with E-state index in [1.165, 1.54) is 19.1 Å². The molecule has 0 saturated carbocycles. The van der Waals surface area contributed by atoms with Crippen LogP contribution in [-0.2, 0) is 10.0 Å². The smallest absolute Gasteiger partial charge is 0.238 e. The molecule has 0 amide bonds. The maximum absolute atomic E-state index is 13.8. The summed E-state index contributed by atoms with van der Waals surface area (Å²) in [6.45, 7) is 1.43. The molecule has 0 radical (unpaired) electrons. The molecule has 0 saturated heterocycles. The van der Waals surface area contributed by atoms with Gasteiger partial charge in [-0.1, -0.05) is 0 Å². The number of anilines is 3. The van der Waals surface area contributed by atoms with Gasteiger partial charge in [-0.25, -0.2) is 22.3 Å². The van der Waals surface area contributed by atoms with E-state index < -0.39 is 21.7 Å². The van der Waals surface area contributed by atoms with E-state index in [1.54, 1.807) is 0 Å². The van der Waals surface area contributed by atoms with E-state index in [0.717, 1.165) is 18.2 Å². The Morgan fingerprint density at radius 2 is 1.71 bits per heavy atom. The third kappa shape index (κ3) is 3.29. The molecular weight excluding hydrogens is 300 g/mol. The molecule has 0 aliphatic rings. The van der Waals surface area contributed by atoms with Crippen molar-refractivity contribution in [2.24, 2.45) is 5.14 Å². The Hall–Kier alpha value is -2.19. The van der Waals surface area contributed by atoms with Crippen molar-refractivity contribution in [3.8, 4) is 0 Å². The zero-order valence-electron chi connectivity index (χ0n) is 11.0. The fourth-order valence-electron chi connectivity index (χ4n) is 1.71. The summed E-state index contributed by atoms with van der Waals surface area (Å²) >= 11 is 0. The molecule has 0 aliphatic carbocycles. The van der Waals surface area contributed by atoms with Crippen LogP contribution in [0.15, 0.2) is 35.2 Å². The highest BCUT2D eigenvalue weighted by Crippen LogP contribution is 2.28. The van der Waals surface area contributed by atoms with Gasteiger partial charge in [0.2, 0.25) is 10.0 Å². The minimum Gasteiger partial charge on any atom is -0.397 e. The topological polar surface area (TPSA) is 98.2 Å². The lowest BCUT2D eigenvalue weighted by molar-refractivity contribution is 0.595. The number of primary sulfonamides is 1. The molecule has 0 unspecified atom stereocenters. The molecular formula is C13H13F2N3O2S. The van der Waals surface area contributed by atoms with Crippen LogP contribution in [-0.4, -0.2) is 8.42 Å². The summed E-state index contributed by atoms with van der Waals surface area (Å²) in [6, 6.07) is 5.68. The predicted octanol–water partition coefficient (Wildman–Crippen LogP) is 2.25. The Labute approximate surface area is 120 Å². The van der Waals surface area contributed by atoms with E-state index in [1.807, 2.05) is 0 Å². The number of hydrogen-bond acceptors (Lipinski definition) is 4. The van der Waals surface area contributed by atoms with Crippen LogP contribution < -0.4 is 16.2 Å². The summed E-state index contributed by atoms with van der Waals surface area (Å²) in [4.78, 5) is -0.188. The molecule has 0 atom stereocenters. The lowest BCUT2D eigenvalue weighted by Gasteiger charge is -2.12. The maximum atomic E-state index is 13.8. The predicted molar refractivity (Wildman–Crippen MR) is 76.6 cm³/mol. The molecule has 0 aliphatic heterocycles. The van der Waals surface area contributed by atoms with Crippen molar-refractivity contribution in [1.29, 1.82) is 0 Å². The van der Waals surface area contributed by atoms with Crippen LogP contribution in [0, 0.1) is 18.6 Å². The highest BCUT2D eigenvalue weighted by molar-refractivity contribution is 7.89. The maximum Gasteiger partial charge on any atom is 0.238 e. The Morgan fingerprint density at radius 3 is 2.33 bits per heavy atom. The number of halogens is 2. The van der Waals surface area contributed by atoms with E-state index in [-0.39, 0.29) is 27.5 Å². The molecule has 0 heterocycles. The third-order valence-corrected chi connectivity index (χ3v) is 3.78. The van der Waals surface area contributed by atoms with Gasteiger partial charge in [0.25, 0.3) is 0 Å². The number of nitrogen functional groups attached to an aromatic ring is 1. The van der Waals surface area contributed by atoms with Crippen LogP contribution in [0.25, 0.3) is 0 Å². The number of rotatable bonds is 3. The summed E-state index contributed by atoms with van der Waals surface area (Å²) in [7, 11) is -3.92. The molecule has 0 spiro atoms. The van der Waals surface area contributed by atoms with Gasteiger partial charge in [0.1, 0.15) is 11.6 Å². The van der Waals surface area contributed by atoms with Crippen molar-refractivity contribution >= 4 is 27.1 Å². The van der Waals surface area contributed by atoms with E-state index in [9.17, 15) is 17.2 Å². The van der Waals surface area contributed by atoms with Gasteiger partial charge in [0.05, 0.1) is 22.0 Å². The van der Waals surface area contributed by atoms with Crippen molar-refractivity contribution in [3.63, 3.8) is 0 Å². The number of nitrogens with two attached hydrogens (primary N) is 2. The Morgan fingerprint density at radius 1 is 1.05 bits per heavy atom. The minimum absolute atomic E-state index is 0.115. The SMILES string of the molecule is Cc1cc(F)c(Nc2cc(S(N)(=O)=O)ccc2N)cc1F. The molecule has 8 heteroatoms. The van der Waals surface area contributed by atoms with Gasteiger partial charge in [0.15, 0.2) is 0 Å². The number of hydrogen-bond donors (Lipinski definition) is 3. The lowest BCUT2D eigenvalue weighted by Crippen LogP contribution is -2.12. The van der Waals surface area contributed by atoms with Crippen molar-refractivity contribution in [1.82, 2.24) is 0 Å². The second kappa shape index (κ2) is 5.30. The number of nitrogens with one attached hydrogen (secondary N) is 1. The first-order valence-electron chi connectivity index (χ1n) is 5.83. The van der Waals surface area contributed by atoms with Crippen LogP contribution in [0.1, 0.15) is 5.56 Å². The van der Waals surface area contributed by atoms with Crippen LogP contribution in [0.2, 0.25) is 0 Å². The molecule has 2 rings (SSSR count). The number of benzene rings is 2. The highest BCUT2D eigenvalue weighted by Gasteiger charge is 2.13. The average Bonchev–Trinajstić information content (AvgIpc) is 2.37. The molecule has 2 aromatic carbocycles. The van der Waals surface area contributed by atoms with Gasteiger partial charge in [-0.05, 0) is 36.8 Å². The van der Waals surface area contributed by atoms with E-state index in [4.69, 9.17) is 10.9 Å². The quantitative estimate of drug-likeness (QED) is 0.757. The minimum atomic E-state index is -3.92. The zero-order chi connectivity index (χ0) is 15.8. The average molecular weight is 313 g/mol. The molecule has 5 nitrogen and oxygen atoms in total. The Kier molecular flexibility index (Phi) is 3.84. The summed E-state index contributed by atoms with van der Waals surface area (Å²) in [5.74, 6) is -1.28. The van der Waals surface area contributed by atoms with Crippen molar-refractivity contribution in [3.05, 3.63) is 47.5 Å². The monoisotopic (exact) mass is 313 g/mol. The zero-order valence-corrected chi connectivity index (χ0v) is 11.8. The summed E-state index contributed by atoms with van der Waals surface area (Å²) in [5, 5.41) is 7.57. The number of aryl methyl sites for hydroxylation is 1. The second-order valence-electron chi connectivity index (χ2n) is 4.50. The standard InChI is InChI=1S/C13H13F2N3O2S/c1-7-4-10(15)12(6-9(7)14)18-13-5-8(21(17,19)20)2-3-11(13)16/h2-6,18H,16H2,1H3,(H2,17,19,20). The summed E-state index contributed by atoms with van der Waals surface area (Å²) in [6.07, 6.45) is 0. The van der Waals surface area contributed by atoms with Crippen LogP contribution in [0.5, 0.6) is 0 Å². The van der Waals surface area contributed by atoms with Crippen molar-refractivity contribution < 1.29 is 17.2 Å². The molecule has 0 aromatic heterocycles. The fraction of sp³-hybridized carbons (Fsp3) is 0.0769. The van der Waals surface area contributed by atoms with E-state index >= 15 is 0 Å². The van der Waals surface area contributed by atoms with Gasteiger partial charge in [-0.15, -0.1) is 0 Å². The molecule has 5 N–H and O–H groups in total. The van der Waals surface area contributed by atoms with Crippen LogP contribution >= 0.6 is 0 Å². The normalized spacial score (nSPS) is 11.4. The summed E-state index contributed by atoms with van der Waals surface area (Å²) < 4.78 is 49.8. The number of sulfonamides is 1.